The van der Waals surface area contributed by atoms with E-state index in [1.54, 1.807) is 26.2 Å². The third-order valence-electron chi connectivity index (χ3n) is 3.09. The van der Waals surface area contributed by atoms with Gasteiger partial charge in [-0.25, -0.2) is 4.68 Å². The van der Waals surface area contributed by atoms with Crippen molar-refractivity contribution < 1.29 is 9.90 Å². The summed E-state index contributed by atoms with van der Waals surface area (Å²) in [5.41, 5.74) is 0.456. The third kappa shape index (κ3) is 2.90. The van der Waals surface area contributed by atoms with Crippen molar-refractivity contribution in [2.24, 2.45) is 13.0 Å². The van der Waals surface area contributed by atoms with Gasteiger partial charge in [-0.3, -0.25) is 9.59 Å². The van der Waals surface area contributed by atoms with Crippen molar-refractivity contribution >= 4 is 5.97 Å². The van der Waals surface area contributed by atoms with Gasteiger partial charge >= 0.3 is 5.97 Å². The number of carboxylic acids is 1. The number of aliphatic carboxylic acids is 1. The fourth-order valence-corrected chi connectivity index (χ4v) is 1.69. The fraction of sp³-hybridized carbons (Fsp3) is 0.417. The van der Waals surface area contributed by atoms with E-state index in [4.69, 9.17) is 5.11 Å². The van der Waals surface area contributed by atoms with Gasteiger partial charge in [-0.1, -0.05) is 6.92 Å². The molecule has 2 rings (SSSR count). The first-order valence-electron chi connectivity index (χ1n) is 6.15. The fourth-order valence-electron chi connectivity index (χ4n) is 1.69. The highest BCUT2D eigenvalue weighted by molar-refractivity contribution is 5.69. The number of aromatic nitrogens is 5. The Labute approximate surface area is 114 Å². The lowest BCUT2D eigenvalue weighted by atomic mass is 10.1. The predicted octanol–water partition coefficient (Wildman–Crippen LogP) is 0.150. The van der Waals surface area contributed by atoms with Crippen LogP contribution in [0.3, 0.4) is 0 Å². The lowest BCUT2D eigenvalue weighted by Gasteiger charge is -2.07. The van der Waals surface area contributed by atoms with Crippen LogP contribution in [0, 0.1) is 5.92 Å². The Hall–Kier alpha value is -2.51. The minimum absolute atomic E-state index is 0.157. The van der Waals surface area contributed by atoms with Crippen molar-refractivity contribution in [3.05, 3.63) is 28.7 Å². The Bertz CT molecular complexity index is 676. The number of hydrogen-bond donors (Lipinski definition) is 1. The lowest BCUT2D eigenvalue weighted by Crippen LogP contribution is -2.16. The van der Waals surface area contributed by atoms with E-state index in [0.29, 0.717) is 24.4 Å². The quantitative estimate of drug-likeness (QED) is 0.834. The second-order valence-corrected chi connectivity index (χ2v) is 4.62. The number of nitrogens with zero attached hydrogens (tertiary/aromatic N) is 5. The van der Waals surface area contributed by atoms with Gasteiger partial charge in [0.25, 0.3) is 5.56 Å². The molecule has 1 unspecified atom stereocenters. The molecular weight excluding hydrogens is 262 g/mol. The van der Waals surface area contributed by atoms with Crippen LogP contribution in [-0.4, -0.2) is 35.9 Å². The largest absolute Gasteiger partial charge is 0.481 e. The molecule has 0 aromatic carbocycles. The summed E-state index contributed by atoms with van der Waals surface area (Å²) >= 11 is 0. The monoisotopic (exact) mass is 277 g/mol. The van der Waals surface area contributed by atoms with E-state index in [2.05, 4.69) is 15.5 Å². The summed E-state index contributed by atoms with van der Waals surface area (Å²) in [6.07, 6.45) is 2.05. The normalized spacial score (nSPS) is 12.3. The predicted molar refractivity (Wildman–Crippen MR) is 69.9 cm³/mol. The molecule has 0 saturated heterocycles. The summed E-state index contributed by atoms with van der Waals surface area (Å²) in [6, 6.07) is 3.19. The van der Waals surface area contributed by atoms with Crippen LogP contribution in [-0.2, 0) is 18.4 Å². The number of pyridine rings is 1. The Morgan fingerprint density at radius 2 is 2.25 bits per heavy atom. The summed E-state index contributed by atoms with van der Waals surface area (Å²) in [5.74, 6) is -0.871. The molecule has 0 spiro atoms. The maximum Gasteiger partial charge on any atom is 0.306 e. The van der Waals surface area contributed by atoms with Gasteiger partial charge < -0.3 is 9.67 Å². The molecule has 0 saturated carbocycles. The third-order valence-corrected chi connectivity index (χ3v) is 3.09. The second-order valence-electron chi connectivity index (χ2n) is 4.62. The zero-order valence-electron chi connectivity index (χ0n) is 11.2. The van der Waals surface area contributed by atoms with Gasteiger partial charge in [0.15, 0.2) is 5.82 Å². The van der Waals surface area contributed by atoms with Crippen LogP contribution in [0.1, 0.15) is 13.3 Å². The molecule has 1 N–H and O–H groups in total. The van der Waals surface area contributed by atoms with Gasteiger partial charge in [-0.05, 0) is 22.9 Å². The summed E-state index contributed by atoms with van der Waals surface area (Å²) in [7, 11) is 1.66. The summed E-state index contributed by atoms with van der Waals surface area (Å²) in [5, 5.41) is 20.2. The van der Waals surface area contributed by atoms with Crippen molar-refractivity contribution in [3.8, 4) is 11.4 Å². The molecular formula is C12H15N5O3. The van der Waals surface area contributed by atoms with E-state index < -0.39 is 11.9 Å². The summed E-state index contributed by atoms with van der Waals surface area (Å²) in [4.78, 5) is 22.4. The first kappa shape index (κ1) is 13.9. The molecule has 8 heteroatoms. The lowest BCUT2D eigenvalue weighted by molar-refractivity contribution is -0.141. The summed E-state index contributed by atoms with van der Waals surface area (Å²) < 4.78 is 2.96. The molecule has 0 radical (unpaired) electrons. The zero-order chi connectivity index (χ0) is 14.7. The highest BCUT2D eigenvalue weighted by atomic mass is 16.4. The van der Waals surface area contributed by atoms with Crippen LogP contribution in [0.15, 0.2) is 23.1 Å². The number of carboxylic acid groups (broad SMARTS) is 1. The molecule has 0 fully saturated rings. The average Bonchev–Trinajstić information content (AvgIpc) is 2.87. The number of tetrazole rings is 1. The van der Waals surface area contributed by atoms with E-state index in [-0.39, 0.29) is 5.56 Å². The molecule has 0 aliphatic heterocycles. The Morgan fingerprint density at radius 3 is 2.90 bits per heavy atom. The first-order chi connectivity index (χ1) is 9.49. The first-order valence-corrected chi connectivity index (χ1v) is 6.15. The average molecular weight is 277 g/mol. The van der Waals surface area contributed by atoms with E-state index in [1.807, 2.05) is 0 Å². The van der Waals surface area contributed by atoms with Crippen LogP contribution in [0.4, 0.5) is 0 Å². The van der Waals surface area contributed by atoms with Gasteiger partial charge in [-0.2, -0.15) is 0 Å². The van der Waals surface area contributed by atoms with Crippen LogP contribution < -0.4 is 5.56 Å². The molecule has 8 nitrogen and oxygen atoms in total. The van der Waals surface area contributed by atoms with Crippen molar-refractivity contribution in [1.29, 1.82) is 0 Å². The van der Waals surface area contributed by atoms with Crippen LogP contribution in [0.5, 0.6) is 0 Å². The summed E-state index contributed by atoms with van der Waals surface area (Å²) in [6.45, 7) is 2.01. The topological polar surface area (TPSA) is 103 Å². The zero-order valence-corrected chi connectivity index (χ0v) is 11.2. The van der Waals surface area contributed by atoms with Gasteiger partial charge in [0, 0.05) is 31.4 Å². The van der Waals surface area contributed by atoms with Crippen molar-refractivity contribution in [3.63, 3.8) is 0 Å². The number of aryl methyl sites for hydroxylation is 2. The highest BCUT2D eigenvalue weighted by Crippen LogP contribution is 2.14. The van der Waals surface area contributed by atoms with Gasteiger partial charge in [0.2, 0.25) is 0 Å². The maximum absolute atomic E-state index is 11.6. The van der Waals surface area contributed by atoms with Gasteiger partial charge in [0.05, 0.1) is 5.92 Å². The molecule has 2 aromatic rings. The van der Waals surface area contributed by atoms with E-state index in [1.165, 1.54) is 15.3 Å². The van der Waals surface area contributed by atoms with Crippen LogP contribution >= 0.6 is 0 Å². The molecule has 0 aliphatic carbocycles. The van der Waals surface area contributed by atoms with Crippen molar-refractivity contribution in [2.75, 3.05) is 0 Å². The van der Waals surface area contributed by atoms with E-state index >= 15 is 0 Å². The molecule has 0 bridgehead atoms. The molecule has 106 valence electrons. The molecule has 2 aromatic heterocycles. The Morgan fingerprint density at radius 1 is 1.50 bits per heavy atom. The van der Waals surface area contributed by atoms with E-state index in [9.17, 15) is 9.59 Å². The smallest absolute Gasteiger partial charge is 0.306 e. The number of hydrogen-bond acceptors (Lipinski definition) is 5. The second kappa shape index (κ2) is 5.64. The number of carbonyl (C=O) groups is 1. The standard InChI is InChI=1S/C12H15N5O3/c1-8(12(19)20)3-6-17-11(13-14-15-17)9-4-5-16(2)10(18)7-9/h4-5,7-8H,3,6H2,1-2H3,(H,19,20). The highest BCUT2D eigenvalue weighted by Gasteiger charge is 2.14. The van der Waals surface area contributed by atoms with Crippen molar-refractivity contribution in [2.45, 2.75) is 19.9 Å². The van der Waals surface area contributed by atoms with Gasteiger partial charge in [-0.15, -0.1) is 5.10 Å². The van der Waals surface area contributed by atoms with Crippen molar-refractivity contribution in [1.82, 2.24) is 24.8 Å². The van der Waals surface area contributed by atoms with Crippen LogP contribution in [0.25, 0.3) is 11.4 Å². The molecule has 1 atom stereocenters. The van der Waals surface area contributed by atoms with Crippen LogP contribution in [0.2, 0.25) is 0 Å². The Balaban J connectivity index is 2.22. The Kier molecular flexibility index (Phi) is 3.92. The van der Waals surface area contributed by atoms with E-state index in [0.717, 1.165) is 0 Å². The SMILES string of the molecule is CC(CCn1nnnc1-c1ccn(C)c(=O)c1)C(=O)O. The maximum atomic E-state index is 11.6. The molecule has 2 heterocycles. The van der Waals surface area contributed by atoms with Gasteiger partial charge in [0.1, 0.15) is 0 Å². The minimum Gasteiger partial charge on any atom is -0.481 e. The molecule has 0 aliphatic rings. The molecule has 20 heavy (non-hydrogen) atoms. The minimum atomic E-state index is -0.854. The molecule has 0 amide bonds. The number of rotatable bonds is 5.